The number of hydrogen-bond acceptors (Lipinski definition) is 3. The first-order chi connectivity index (χ1) is 9.99. The smallest absolute Gasteiger partial charge is 0.238 e. The van der Waals surface area contributed by atoms with Crippen LogP contribution in [0.15, 0.2) is 24.3 Å². The molecule has 2 rings (SSSR count). The standard InChI is InChI=1S/C16H24FN3O/c1-19-16(15(18)21)10-3-4-12(16)9-11-20(2)14-7-5-13(17)6-8-14/h5-8,12,19H,3-4,9-11H2,1-2H3,(H2,18,21). The van der Waals surface area contributed by atoms with Crippen molar-refractivity contribution < 1.29 is 9.18 Å². The lowest BCUT2D eigenvalue weighted by molar-refractivity contribution is -0.125. The van der Waals surface area contributed by atoms with Gasteiger partial charge in [0.1, 0.15) is 11.4 Å². The van der Waals surface area contributed by atoms with Crippen molar-refractivity contribution in [1.29, 1.82) is 0 Å². The van der Waals surface area contributed by atoms with Crippen LogP contribution in [0.2, 0.25) is 0 Å². The van der Waals surface area contributed by atoms with Gasteiger partial charge in [0.05, 0.1) is 0 Å². The Hall–Kier alpha value is -1.62. The Kier molecular flexibility index (Phi) is 4.83. The monoisotopic (exact) mass is 293 g/mol. The molecule has 1 aromatic rings. The molecular formula is C16H24FN3O. The van der Waals surface area contributed by atoms with Crippen molar-refractivity contribution >= 4 is 11.6 Å². The normalized spacial score (nSPS) is 25.0. The quantitative estimate of drug-likeness (QED) is 0.842. The highest BCUT2D eigenvalue weighted by molar-refractivity contribution is 5.85. The number of benzene rings is 1. The predicted octanol–water partition coefficient (Wildman–Crippen LogP) is 1.90. The van der Waals surface area contributed by atoms with Gasteiger partial charge in [-0.1, -0.05) is 6.42 Å². The molecule has 1 saturated carbocycles. The van der Waals surface area contributed by atoms with E-state index in [0.29, 0.717) is 0 Å². The van der Waals surface area contributed by atoms with E-state index in [0.717, 1.165) is 37.9 Å². The average molecular weight is 293 g/mol. The first-order valence-corrected chi connectivity index (χ1v) is 7.45. The topological polar surface area (TPSA) is 58.4 Å². The predicted molar refractivity (Wildman–Crippen MR) is 82.6 cm³/mol. The number of nitrogens with one attached hydrogen (secondary N) is 1. The summed E-state index contributed by atoms with van der Waals surface area (Å²) >= 11 is 0. The van der Waals surface area contributed by atoms with Gasteiger partial charge in [0.15, 0.2) is 0 Å². The highest BCUT2D eigenvalue weighted by Crippen LogP contribution is 2.37. The molecule has 1 amide bonds. The van der Waals surface area contributed by atoms with Crippen LogP contribution in [0.1, 0.15) is 25.7 Å². The first kappa shape index (κ1) is 15.8. The Balaban J connectivity index is 1.98. The zero-order chi connectivity index (χ0) is 15.5. The minimum absolute atomic E-state index is 0.231. The number of primary amides is 1. The summed E-state index contributed by atoms with van der Waals surface area (Å²) in [4.78, 5) is 13.9. The van der Waals surface area contributed by atoms with E-state index in [1.54, 1.807) is 12.1 Å². The van der Waals surface area contributed by atoms with Gasteiger partial charge in [0.2, 0.25) is 5.91 Å². The van der Waals surface area contributed by atoms with Gasteiger partial charge in [-0.05, 0) is 56.5 Å². The molecule has 2 atom stereocenters. The molecule has 0 spiro atoms. The number of hydrogen-bond donors (Lipinski definition) is 2. The van der Waals surface area contributed by atoms with Crippen LogP contribution in [0.3, 0.4) is 0 Å². The van der Waals surface area contributed by atoms with E-state index in [9.17, 15) is 9.18 Å². The molecule has 0 bridgehead atoms. The average Bonchev–Trinajstić information content (AvgIpc) is 2.89. The van der Waals surface area contributed by atoms with E-state index in [4.69, 9.17) is 5.73 Å². The number of halogens is 1. The minimum atomic E-state index is -0.566. The van der Waals surface area contributed by atoms with E-state index in [1.165, 1.54) is 12.1 Å². The maximum Gasteiger partial charge on any atom is 0.238 e. The van der Waals surface area contributed by atoms with E-state index in [1.807, 2.05) is 14.1 Å². The summed E-state index contributed by atoms with van der Waals surface area (Å²) in [5.74, 6) is -0.231. The van der Waals surface area contributed by atoms with Gasteiger partial charge in [-0.15, -0.1) is 0 Å². The van der Waals surface area contributed by atoms with Gasteiger partial charge in [-0.3, -0.25) is 4.79 Å². The van der Waals surface area contributed by atoms with Gasteiger partial charge in [-0.25, -0.2) is 4.39 Å². The molecule has 1 aliphatic rings. The highest BCUT2D eigenvalue weighted by Gasteiger charge is 2.46. The van der Waals surface area contributed by atoms with Crippen LogP contribution in [0, 0.1) is 11.7 Å². The Morgan fingerprint density at radius 1 is 1.48 bits per heavy atom. The number of nitrogens with two attached hydrogens (primary N) is 1. The van der Waals surface area contributed by atoms with Crippen LogP contribution in [-0.4, -0.2) is 32.1 Å². The molecule has 116 valence electrons. The summed E-state index contributed by atoms with van der Waals surface area (Å²) in [6, 6.07) is 6.46. The maximum atomic E-state index is 12.9. The van der Waals surface area contributed by atoms with E-state index in [-0.39, 0.29) is 17.6 Å². The van der Waals surface area contributed by atoms with Gasteiger partial charge >= 0.3 is 0 Å². The Labute approximate surface area is 125 Å². The number of rotatable bonds is 6. The second-order valence-electron chi connectivity index (χ2n) is 5.86. The summed E-state index contributed by atoms with van der Waals surface area (Å²) in [5, 5.41) is 3.16. The minimum Gasteiger partial charge on any atom is -0.375 e. The van der Waals surface area contributed by atoms with E-state index < -0.39 is 5.54 Å². The third-order valence-electron chi connectivity index (χ3n) is 4.79. The fourth-order valence-electron chi connectivity index (χ4n) is 3.42. The van der Waals surface area contributed by atoms with Crippen LogP contribution in [-0.2, 0) is 4.79 Å². The molecule has 0 radical (unpaired) electrons. The van der Waals surface area contributed by atoms with Crippen molar-refractivity contribution in [2.24, 2.45) is 11.7 Å². The summed E-state index contributed by atoms with van der Waals surface area (Å²) in [5.41, 5.74) is 6.02. The molecule has 1 aliphatic carbocycles. The maximum absolute atomic E-state index is 12.9. The molecule has 21 heavy (non-hydrogen) atoms. The molecule has 0 heterocycles. The molecular weight excluding hydrogens is 269 g/mol. The number of carbonyl (C=O) groups is 1. The zero-order valence-electron chi connectivity index (χ0n) is 12.7. The second kappa shape index (κ2) is 6.43. The van der Waals surface area contributed by atoms with Crippen LogP contribution >= 0.6 is 0 Å². The summed E-state index contributed by atoms with van der Waals surface area (Å²) in [6.45, 7) is 0.813. The van der Waals surface area contributed by atoms with Crippen molar-refractivity contribution in [3.63, 3.8) is 0 Å². The first-order valence-electron chi connectivity index (χ1n) is 7.45. The van der Waals surface area contributed by atoms with Crippen LogP contribution in [0.5, 0.6) is 0 Å². The summed E-state index contributed by atoms with van der Waals surface area (Å²) in [7, 11) is 3.79. The van der Waals surface area contributed by atoms with Gasteiger partial charge in [-0.2, -0.15) is 0 Å². The summed E-state index contributed by atoms with van der Waals surface area (Å²) in [6.07, 6.45) is 3.73. The number of amides is 1. The highest BCUT2D eigenvalue weighted by atomic mass is 19.1. The molecule has 4 nitrogen and oxygen atoms in total. The number of likely N-dealkylation sites (N-methyl/N-ethyl adjacent to an activating group) is 1. The Morgan fingerprint density at radius 3 is 2.71 bits per heavy atom. The fourth-order valence-corrected chi connectivity index (χ4v) is 3.42. The zero-order valence-corrected chi connectivity index (χ0v) is 12.7. The fraction of sp³-hybridized carbons (Fsp3) is 0.562. The Morgan fingerprint density at radius 2 is 2.14 bits per heavy atom. The SMILES string of the molecule is CNC1(C(N)=O)CCCC1CCN(C)c1ccc(F)cc1. The van der Waals surface area contributed by atoms with Crippen LogP contribution in [0.25, 0.3) is 0 Å². The second-order valence-corrected chi connectivity index (χ2v) is 5.86. The third-order valence-corrected chi connectivity index (χ3v) is 4.79. The van der Waals surface area contributed by atoms with Gasteiger partial charge < -0.3 is 16.0 Å². The van der Waals surface area contributed by atoms with Crippen molar-refractivity contribution in [2.75, 3.05) is 25.5 Å². The van der Waals surface area contributed by atoms with Crippen molar-refractivity contribution in [3.8, 4) is 0 Å². The lowest BCUT2D eigenvalue weighted by Crippen LogP contribution is -2.56. The van der Waals surface area contributed by atoms with E-state index >= 15 is 0 Å². The Bertz CT molecular complexity index is 491. The van der Waals surface area contributed by atoms with Gasteiger partial charge in [0, 0.05) is 19.3 Å². The molecule has 1 aromatic carbocycles. The number of anilines is 1. The lowest BCUT2D eigenvalue weighted by Gasteiger charge is -2.33. The summed E-state index contributed by atoms with van der Waals surface area (Å²) < 4.78 is 12.9. The van der Waals surface area contributed by atoms with Crippen molar-refractivity contribution in [2.45, 2.75) is 31.2 Å². The third kappa shape index (κ3) is 3.18. The van der Waals surface area contributed by atoms with Crippen molar-refractivity contribution in [3.05, 3.63) is 30.1 Å². The van der Waals surface area contributed by atoms with Crippen molar-refractivity contribution in [1.82, 2.24) is 5.32 Å². The molecule has 0 aliphatic heterocycles. The molecule has 5 heteroatoms. The van der Waals surface area contributed by atoms with E-state index in [2.05, 4.69) is 10.2 Å². The van der Waals surface area contributed by atoms with Crippen LogP contribution < -0.4 is 16.0 Å². The molecule has 0 saturated heterocycles. The van der Waals surface area contributed by atoms with Gasteiger partial charge in [0.25, 0.3) is 0 Å². The molecule has 1 fully saturated rings. The molecule has 2 unspecified atom stereocenters. The van der Waals surface area contributed by atoms with Crippen LogP contribution in [0.4, 0.5) is 10.1 Å². The molecule has 0 aromatic heterocycles. The lowest BCUT2D eigenvalue weighted by atomic mass is 9.84. The number of carbonyl (C=O) groups excluding carboxylic acids is 1. The molecule has 3 N–H and O–H groups in total. The number of nitrogens with zero attached hydrogens (tertiary/aromatic N) is 1. The largest absolute Gasteiger partial charge is 0.375 e.